The van der Waals surface area contributed by atoms with Gasteiger partial charge in [0, 0.05) is 30.7 Å². The molecule has 3 atom stereocenters. The monoisotopic (exact) mass is 337 g/mol. The van der Waals surface area contributed by atoms with E-state index in [-0.39, 0.29) is 23.1 Å². The zero-order valence-electron chi connectivity index (χ0n) is 14.2. The second-order valence-corrected chi connectivity index (χ2v) is 6.83. The Morgan fingerprint density at radius 1 is 1.38 bits per heavy atom. The molecule has 0 aromatic heterocycles. The average Bonchev–Trinajstić information content (AvgIpc) is 3.14. The summed E-state index contributed by atoms with van der Waals surface area (Å²) in [6, 6.07) is 4.02. The van der Waals surface area contributed by atoms with Crippen molar-refractivity contribution >= 4 is 5.96 Å². The summed E-state index contributed by atoms with van der Waals surface area (Å²) in [6.07, 6.45) is 2.77. The third kappa shape index (κ3) is 3.86. The first-order valence-electron chi connectivity index (χ1n) is 8.65. The van der Waals surface area contributed by atoms with E-state index in [9.17, 15) is 8.78 Å². The Morgan fingerprint density at radius 3 is 2.75 bits per heavy atom. The molecule has 2 N–H and O–H groups in total. The van der Waals surface area contributed by atoms with Crippen LogP contribution in [0.25, 0.3) is 0 Å². The predicted octanol–water partition coefficient (Wildman–Crippen LogP) is 2.94. The molecule has 1 saturated carbocycles. The fraction of sp³-hybridized carbons (Fsp3) is 0.611. The molecule has 4 nitrogen and oxygen atoms in total. The largest absolute Gasteiger partial charge is 0.373 e. The minimum Gasteiger partial charge on any atom is -0.373 e. The van der Waals surface area contributed by atoms with Crippen molar-refractivity contribution < 1.29 is 13.5 Å². The van der Waals surface area contributed by atoms with E-state index < -0.39 is 11.6 Å². The van der Waals surface area contributed by atoms with Crippen molar-refractivity contribution in [3.05, 3.63) is 35.4 Å². The fourth-order valence-electron chi connectivity index (χ4n) is 3.24. The summed E-state index contributed by atoms with van der Waals surface area (Å²) in [7, 11) is 0. The van der Waals surface area contributed by atoms with Crippen LogP contribution < -0.4 is 10.6 Å². The van der Waals surface area contributed by atoms with Crippen molar-refractivity contribution in [2.24, 2.45) is 4.99 Å². The van der Waals surface area contributed by atoms with Crippen LogP contribution in [0, 0.1) is 11.6 Å². The van der Waals surface area contributed by atoms with Crippen molar-refractivity contribution in [1.29, 1.82) is 0 Å². The fourth-order valence-corrected chi connectivity index (χ4v) is 3.24. The molecule has 1 aromatic carbocycles. The summed E-state index contributed by atoms with van der Waals surface area (Å²) in [5.41, 5.74) is -0.0277. The molecule has 0 radical (unpaired) electrons. The van der Waals surface area contributed by atoms with E-state index in [4.69, 9.17) is 4.74 Å². The number of nitrogens with zero attached hydrogens (tertiary/aromatic N) is 1. The van der Waals surface area contributed by atoms with Gasteiger partial charge in [0.15, 0.2) is 5.96 Å². The van der Waals surface area contributed by atoms with Crippen LogP contribution in [0.3, 0.4) is 0 Å². The third-order valence-corrected chi connectivity index (χ3v) is 4.70. The molecule has 2 fully saturated rings. The van der Waals surface area contributed by atoms with E-state index >= 15 is 0 Å². The van der Waals surface area contributed by atoms with Gasteiger partial charge in [-0.2, -0.15) is 0 Å². The Bertz CT molecular complexity index is 594. The topological polar surface area (TPSA) is 45.7 Å². The highest BCUT2D eigenvalue weighted by atomic mass is 19.1. The molecule has 1 aliphatic carbocycles. The van der Waals surface area contributed by atoms with Crippen LogP contribution >= 0.6 is 0 Å². The molecule has 1 aromatic rings. The van der Waals surface area contributed by atoms with Crippen molar-refractivity contribution in [3.63, 3.8) is 0 Å². The number of ether oxygens (including phenoxy) is 1. The number of rotatable bonds is 5. The molecular weight excluding hydrogens is 312 g/mol. The highest BCUT2D eigenvalue weighted by Gasteiger charge is 2.42. The molecule has 0 amide bonds. The van der Waals surface area contributed by atoms with Gasteiger partial charge in [0.1, 0.15) is 11.6 Å². The van der Waals surface area contributed by atoms with Gasteiger partial charge in [-0.1, -0.05) is 6.07 Å². The van der Waals surface area contributed by atoms with E-state index in [1.54, 1.807) is 0 Å². The number of nitrogens with one attached hydrogen (secondary N) is 2. The van der Waals surface area contributed by atoms with Crippen molar-refractivity contribution in [3.8, 4) is 0 Å². The van der Waals surface area contributed by atoms with Crippen molar-refractivity contribution in [2.75, 3.05) is 19.7 Å². The highest BCUT2D eigenvalue weighted by Crippen LogP contribution is 2.43. The molecule has 1 saturated heterocycles. The molecule has 3 unspecified atom stereocenters. The summed E-state index contributed by atoms with van der Waals surface area (Å²) >= 11 is 0. The molecule has 2 aliphatic rings. The molecule has 132 valence electrons. The summed E-state index contributed by atoms with van der Waals surface area (Å²) in [4.78, 5) is 4.60. The van der Waals surface area contributed by atoms with Crippen LogP contribution in [-0.4, -0.2) is 37.3 Å². The van der Waals surface area contributed by atoms with Gasteiger partial charge in [-0.3, -0.25) is 4.99 Å². The van der Waals surface area contributed by atoms with Gasteiger partial charge in [0.2, 0.25) is 0 Å². The second-order valence-electron chi connectivity index (χ2n) is 6.83. The lowest BCUT2D eigenvalue weighted by molar-refractivity contribution is 0.0283. The predicted molar refractivity (Wildman–Crippen MR) is 90.2 cm³/mol. The Hall–Kier alpha value is -1.69. The maximum absolute atomic E-state index is 13.9. The van der Waals surface area contributed by atoms with Gasteiger partial charge in [-0.15, -0.1) is 0 Å². The molecular formula is C18H25F2N3O. The van der Waals surface area contributed by atoms with Gasteiger partial charge in [0.05, 0.1) is 12.1 Å². The van der Waals surface area contributed by atoms with Crippen LogP contribution in [-0.2, 0) is 4.74 Å². The van der Waals surface area contributed by atoms with E-state index in [1.807, 2.05) is 6.92 Å². The van der Waals surface area contributed by atoms with Crippen LogP contribution in [0.4, 0.5) is 8.78 Å². The molecule has 0 spiro atoms. The molecule has 1 heterocycles. The summed E-state index contributed by atoms with van der Waals surface area (Å²) in [5.74, 6) is -0.414. The number of aliphatic imine (C=N–C) groups is 1. The highest BCUT2D eigenvalue weighted by molar-refractivity contribution is 5.80. The molecule has 24 heavy (non-hydrogen) atoms. The molecule has 6 heteroatoms. The second kappa shape index (κ2) is 7.05. The van der Waals surface area contributed by atoms with Crippen LogP contribution in [0.1, 0.15) is 44.6 Å². The SMILES string of the molecule is CCNC(=NCC1(C)CCCO1)NC1CC1c1c(F)cccc1F. The first-order valence-corrected chi connectivity index (χ1v) is 8.65. The minimum atomic E-state index is -0.474. The lowest BCUT2D eigenvalue weighted by Crippen LogP contribution is -2.40. The zero-order chi connectivity index (χ0) is 17.2. The van der Waals surface area contributed by atoms with Gasteiger partial charge in [0.25, 0.3) is 0 Å². The standard InChI is InChI=1S/C18H25F2N3O/c1-3-21-17(22-11-18(2)8-5-9-24-18)23-15-10-12(15)16-13(19)6-4-7-14(16)20/h4,6-7,12,15H,3,5,8-11H2,1-2H3,(H2,21,22,23). The number of benzene rings is 1. The Balaban J connectivity index is 1.63. The van der Waals surface area contributed by atoms with Gasteiger partial charge < -0.3 is 15.4 Å². The van der Waals surface area contributed by atoms with Crippen molar-refractivity contribution in [1.82, 2.24) is 10.6 Å². The summed E-state index contributed by atoms with van der Waals surface area (Å²) < 4.78 is 33.5. The van der Waals surface area contributed by atoms with Gasteiger partial charge in [-0.05, 0) is 45.2 Å². The van der Waals surface area contributed by atoms with Crippen LogP contribution in [0.5, 0.6) is 0 Å². The van der Waals surface area contributed by atoms with Gasteiger partial charge >= 0.3 is 0 Å². The minimum absolute atomic E-state index is 0.00602. The summed E-state index contributed by atoms with van der Waals surface area (Å²) in [6.45, 7) is 6.16. The lowest BCUT2D eigenvalue weighted by Gasteiger charge is -2.21. The number of hydrogen-bond acceptors (Lipinski definition) is 2. The lowest BCUT2D eigenvalue weighted by atomic mass is 10.0. The first-order chi connectivity index (χ1) is 11.5. The van der Waals surface area contributed by atoms with Crippen molar-refractivity contribution in [2.45, 2.75) is 50.7 Å². The molecule has 1 aliphatic heterocycles. The summed E-state index contributed by atoms with van der Waals surface area (Å²) in [5, 5.41) is 6.48. The van der Waals surface area contributed by atoms with Gasteiger partial charge in [-0.25, -0.2) is 8.78 Å². The maximum Gasteiger partial charge on any atom is 0.191 e. The Kier molecular flexibility index (Phi) is 5.04. The average molecular weight is 337 g/mol. The Labute approximate surface area is 141 Å². The smallest absolute Gasteiger partial charge is 0.191 e. The number of hydrogen-bond donors (Lipinski definition) is 2. The zero-order valence-corrected chi connectivity index (χ0v) is 14.2. The molecule has 3 rings (SSSR count). The normalized spacial score (nSPS) is 29.6. The number of guanidine groups is 1. The number of halogens is 2. The first kappa shape index (κ1) is 17.1. The van der Waals surface area contributed by atoms with Crippen LogP contribution in [0.2, 0.25) is 0 Å². The van der Waals surface area contributed by atoms with E-state index in [0.717, 1.165) is 26.0 Å². The third-order valence-electron chi connectivity index (χ3n) is 4.70. The van der Waals surface area contributed by atoms with E-state index in [0.29, 0.717) is 18.9 Å². The quantitative estimate of drug-likeness (QED) is 0.641. The maximum atomic E-state index is 13.9. The van der Waals surface area contributed by atoms with Crippen LogP contribution in [0.15, 0.2) is 23.2 Å². The molecule has 0 bridgehead atoms. The van der Waals surface area contributed by atoms with E-state index in [2.05, 4.69) is 22.5 Å². The Morgan fingerprint density at radius 2 is 2.12 bits per heavy atom. The van der Waals surface area contributed by atoms with E-state index in [1.165, 1.54) is 18.2 Å².